The lowest BCUT2D eigenvalue weighted by molar-refractivity contribution is -0.114. The van der Waals surface area contributed by atoms with E-state index in [9.17, 15) is 0 Å². The smallest absolute Gasteiger partial charge is 0.0655 e. The van der Waals surface area contributed by atoms with E-state index in [0.717, 1.165) is 25.1 Å². The van der Waals surface area contributed by atoms with Gasteiger partial charge in [-0.3, -0.25) is 4.68 Å². The number of aromatic nitrogens is 2. The van der Waals surface area contributed by atoms with E-state index >= 15 is 0 Å². The molecule has 2 rings (SSSR count). The van der Waals surface area contributed by atoms with Crippen molar-refractivity contribution in [1.82, 2.24) is 15.1 Å². The summed E-state index contributed by atoms with van der Waals surface area (Å²) in [5.74, 6) is 0. The number of hydrogen-bond acceptors (Lipinski definition) is 4. The van der Waals surface area contributed by atoms with Gasteiger partial charge in [0.15, 0.2) is 0 Å². The molecule has 1 aliphatic carbocycles. The highest BCUT2D eigenvalue weighted by atomic mass is 16.5. The van der Waals surface area contributed by atoms with Gasteiger partial charge in [0.1, 0.15) is 0 Å². The molecule has 1 fully saturated rings. The van der Waals surface area contributed by atoms with E-state index in [1.807, 2.05) is 19.3 Å². The van der Waals surface area contributed by atoms with Gasteiger partial charge in [0.2, 0.25) is 0 Å². The van der Waals surface area contributed by atoms with Crippen LogP contribution in [0, 0.1) is 5.41 Å². The number of aliphatic hydroxyl groups is 1. The van der Waals surface area contributed by atoms with Crippen molar-refractivity contribution in [2.75, 3.05) is 13.2 Å². The van der Waals surface area contributed by atoms with E-state index in [4.69, 9.17) is 9.84 Å². The molecule has 19 heavy (non-hydrogen) atoms. The fourth-order valence-electron chi connectivity index (χ4n) is 2.68. The molecule has 5 nitrogen and oxygen atoms in total. The summed E-state index contributed by atoms with van der Waals surface area (Å²) in [6.45, 7) is 8.84. The van der Waals surface area contributed by atoms with E-state index in [0.29, 0.717) is 18.7 Å². The van der Waals surface area contributed by atoms with Crippen molar-refractivity contribution in [2.45, 2.75) is 52.4 Å². The Morgan fingerprint density at radius 2 is 2.37 bits per heavy atom. The third kappa shape index (κ3) is 3.16. The van der Waals surface area contributed by atoms with Crippen LogP contribution in [0.15, 0.2) is 12.4 Å². The highest BCUT2D eigenvalue weighted by Crippen LogP contribution is 2.42. The molecule has 0 aromatic carbocycles. The summed E-state index contributed by atoms with van der Waals surface area (Å²) in [7, 11) is 0. The van der Waals surface area contributed by atoms with E-state index in [-0.39, 0.29) is 12.0 Å². The first-order valence-electron chi connectivity index (χ1n) is 7.05. The zero-order valence-corrected chi connectivity index (χ0v) is 12.1. The molecule has 5 heteroatoms. The quantitative estimate of drug-likeness (QED) is 0.778. The van der Waals surface area contributed by atoms with Gasteiger partial charge >= 0.3 is 0 Å². The molecule has 1 aromatic rings. The van der Waals surface area contributed by atoms with Gasteiger partial charge in [-0.1, -0.05) is 13.8 Å². The van der Waals surface area contributed by atoms with Crippen LogP contribution < -0.4 is 5.32 Å². The van der Waals surface area contributed by atoms with Crippen molar-refractivity contribution in [2.24, 2.45) is 5.41 Å². The fourth-order valence-corrected chi connectivity index (χ4v) is 2.68. The summed E-state index contributed by atoms with van der Waals surface area (Å²) in [6.07, 6.45) is 5.28. The second-order valence-electron chi connectivity index (χ2n) is 5.77. The minimum Gasteiger partial charge on any atom is -0.394 e. The van der Waals surface area contributed by atoms with Crippen molar-refractivity contribution >= 4 is 0 Å². The molecule has 1 aliphatic rings. The summed E-state index contributed by atoms with van der Waals surface area (Å²) in [6, 6.07) is 0.491. The van der Waals surface area contributed by atoms with Crippen molar-refractivity contribution in [3.63, 3.8) is 0 Å². The van der Waals surface area contributed by atoms with Crippen molar-refractivity contribution < 1.29 is 9.84 Å². The zero-order valence-electron chi connectivity index (χ0n) is 12.1. The Morgan fingerprint density at radius 3 is 3.00 bits per heavy atom. The summed E-state index contributed by atoms with van der Waals surface area (Å²) in [5, 5.41) is 16.6. The molecule has 1 saturated carbocycles. The van der Waals surface area contributed by atoms with Crippen LogP contribution in [0.4, 0.5) is 0 Å². The molecule has 0 radical (unpaired) electrons. The SMILES string of the molecule is CCOC1CC(NCc2cnn(CCO)c2)C1(C)C. The van der Waals surface area contributed by atoms with Crippen molar-refractivity contribution in [3.8, 4) is 0 Å². The van der Waals surface area contributed by atoms with Gasteiger partial charge in [-0.25, -0.2) is 0 Å². The Labute approximate surface area is 115 Å². The normalized spacial score (nSPS) is 25.3. The number of nitrogens with one attached hydrogen (secondary N) is 1. The van der Waals surface area contributed by atoms with E-state index in [1.54, 1.807) is 4.68 Å². The van der Waals surface area contributed by atoms with Crippen LogP contribution in [-0.2, 0) is 17.8 Å². The van der Waals surface area contributed by atoms with Crippen molar-refractivity contribution in [1.29, 1.82) is 0 Å². The van der Waals surface area contributed by atoms with Gasteiger partial charge in [0.05, 0.1) is 25.5 Å². The maximum atomic E-state index is 8.85. The predicted octanol–water partition coefficient (Wildman–Crippen LogP) is 1.17. The first kappa shape index (κ1) is 14.5. The highest BCUT2D eigenvalue weighted by Gasteiger charge is 2.48. The third-order valence-corrected chi connectivity index (χ3v) is 4.11. The summed E-state index contributed by atoms with van der Waals surface area (Å²) in [4.78, 5) is 0. The number of ether oxygens (including phenoxy) is 1. The van der Waals surface area contributed by atoms with Gasteiger partial charge in [0.25, 0.3) is 0 Å². The fraction of sp³-hybridized carbons (Fsp3) is 0.786. The van der Waals surface area contributed by atoms with Crippen LogP contribution in [0.5, 0.6) is 0 Å². The third-order valence-electron chi connectivity index (χ3n) is 4.11. The number of rotatable bonds is 7. The molecule has 1 aromatic heterocycles. The Morgan fingerprint density at radius 1 is 1.58 bits per heavy atom. The average Bonchev–Trinajstić information content (AvgIpc) is 2.81. The Kier molecular flexibility index (Phi) is 4.60. The van der Waals surface area contributed by atoms with Gasteiger partial charge in [-0.15, -0.1) is 0 Å². The zero-order chi connectivity index (χ0) is 13.9. The lowest BCUT2D eigenvalue weighted by Crippen LogP contribution is -2.60. The molecular weight excluding hydrogens is 242 g/mol. The van der Waals surface area contributed by atoms with Gasteiger partial charge in [-0.2, -0.15) is 5.10 Å². The van der Waals surface area contributed by atoms with Gasteiger partial charge in [-0.05, 0) is 13.3 Å². The van der Waals surface area contributed by atoms with E-state index in [1.165, 1.54) is 0 Å². The molecule has 0 amide bonds. The number of aliphatic hydroxyl groups excluding tert-OH is 1. The molecule has 0 spiro atoms. The topological polar surface area (TPSA) is 59.3 Å². The Balaban J connectivity index is 1.80. The van der Waals surface area contributed by atoms with Crippen LogP contribution in [0.25, 0.3) is 0 Å². The second-order valence-corrected chi connectivity index (χ2v) is 5.77. The van der Waals surface area contributed by atoms with Crippen LogP contribution >= 0.6 is 0 Å². The molecule has 0 saturated heterocycles. The molecule has 2 N–H and O–H groups in total. The largest absolute Gasteiger partial charge is 0.394 e. The standard InChI is InChI=1S/C14H25N3O2/c1-4-19-13-7-12(14(13,2)3)15-8-11-9-16-17(10-11)5-6-18/h9-10,12-13,15,18H,4-8H2,1-3H3. The first-order chi connectivity index (χ1) is 9.07. The molecule has 2 atom stereocenters. The van der Waals surface area contributed by atoms with Crippen LogP contribution in [0.3, 0.4) is 0 Å². The highest BCUT2D eigenvalue weighted by molar-refractivity contribution is 5.07. The number of hydrogen-bond donors (Lipinski definition) is 2. The molecule has 1 heterocycles. The van der Waals surface area contributed by atoms with E-state index < -0.39 is 0 Å². The first-order valence-corrected chi connectivity index (χ1v) is 7.05. The molecular formula is C14H25N3O2. The lowest BCUT2D eigenvalue weighted by atomic mass is 9.64. The van der Waals surface area contributed by atoms with Crippen LogP contribution in [0.2, 0.25) is 0 Å². The minimum absolute atomic E-state index is 0.125. The van der Waals surface area contributed by atoms with Gasteiger partial charge < -0.3 is 15.2 Å². The molecule has 108 valence electrons. The summed E-state index contributed by atoms with van der Waals surface area (Å²) in [5.41, 5.74) is 1.35. The summed E-state index contributed by atoms with van der Waals surface area (Å²) < 4.78 is 7.50. The minimum atomic E-state index is 0.125. The Bertz CT molecular complexity index is 403. The number of nitrogens with zero attached hydrogens (tertiary/aromatic N) is 2. The molecule has 0 aliphatic heterocycles. The summed E-state index contributed by atoms with van der Waals surface area (Å²) >= 11 is 0. The van der Waals surface area contributed by atoms with Crippen LogP contribution in [-0.4, -0.2) is 40.2 Å². The second kappa shape index (κ2) is 6.03. The molecule has 0 bridgehead atoms. The monoisotopic (exact) mass is 267 g/mol. The van der Waals surface area contributed by atoms with E-state index in [2.05, 4.69) is 24.3 Å². The predicted molar refractivity (Wildman–Crippen MR) is 73.8 cm³/mol. The van der Waals surface area contributed by atoms with Crippen LogP contribution in [0.1, 0.15) is 32.8 Å². The average molecular weight is 267 g/mol. The van der Waals surface area contributed by atoms with Gasteiger partial charge in [0, 0.05) is 36.4 Å². The van der Waals surface area contributed by atoms with Crippen molar-refractivity contribution in [3.05, 3.63) is 18.0 Å². The maximum absolute atomic E-state index is 8.85. The molecule has 2 unspecified atom stereocenters. The lowest BCUT2D eigenvalue weighted by Gasteiger charge is -2.52. The maximum Gasteiger partial charge on any atom is 0.0655 e. The Hall–Kier alpha value is -0.910.